The number of hydrogen-bond acceptors (Lipinski definition) is 10. The van der Waals surface area contributed by atoms with Gasteiger partial charge in [-0.15, -0.1) is 0 Å². The van der Waals surface area contributed by atoms with Crippen LogP contribution in [-0.4, -0.2) is 95.5 Å². The van der Waals surface area contributed by atoms with Gasteiger partial charge >= 0.3 is 5.97 Å². The van der Waals surface area contributed by atoms with Crippen LogP contribution >= 0.6 is 0 Å². The fourth-order valence-corrected chi connectivity index (χ4v) is 3.44. The quantitative estimate of drug-likeness (QED) is 0.241. The van der Waals surface area contributed by atoms with E-state index in [1.807, 2.05) is 20.8 Å². The minimum Gasteiger partial charge on any atom is -0.479 e. The van der Waals surface area contributed by atoms with Crippen molar-refractivity contribution in [3.05, 3.63) is 29.3 Å². The summed E-state index contributed by atoms with van der Waals surface area (Å²) in [5.74, 6) is -2.73. The van der Waals surface area contributed by atoms with E-state index < -0.39 is 54.1 Å². The number of carbonyl (C=O) groups excluding carboxylic acids is 2. The topological polar surface area (TPSA) is 181 Å². The zero-order valence-electron chi connectivity index (χ0n) is 20.1. The van der Waals surface area contributed by atoms with Crippen molar-refractivity contribution < 1.29 is 53.8 Å². The van der Waals surface area contributed by atoms with Gasteiger partial charge in [0.2, 0.25) is 20.0 Å². The Balaban J connectivity index is 2.26. The molecular formula is C22H32BNO11. The van der Waals surface area contributed by atoms with Crippen LogP contribution in [0.5, 0.6) is 5.75 Å². The lowest BCUT2D eigenvalue weighted by molar-refractivity contribution is -0.271. The number of hydrogen-bond donors (Lipinski definition) is 5. The van der Waals surface area contributed by atoms with E-state index in [9.17, 15) is 34.8 Å². The van der Waals surface area contributed by atoms with Gasteiger partial charge in [-0.05, 0) is 44.9 Å². The minimum absolute atomic E-state index is 0.00726. The number of aliphatic carboxylic acids is 1. The molecule has 2 rings (SSSR count). The third-order valence-electron chi connectivity index (χ3n) is 5.33. The molecule has 1 amide bonds. The first-order valence-corrected chi connectivity index (χ1v) is 11.1. The molecule has 13 heteroatoms. The van der Waals surface area contributed by atoms with Crippen molar-refractivity contribution in [3.8, 4) is 5.75 Å². The molecule has 1 saturated heterocycles. The Morgan fingerprint density at radius 3 is 2.43 bits per heavy atom. The molecule has 194 valence electrons. The number of nitrogens with one attached hydrogen (secondary N) is 1. The van der Waals surface area contributed by atoms with Crippen LogP contribution in [-0.2, 0) is 25.6 Å². The van der Waals surface area contributed by atoms with Crippen molar-refractivity contribution in [2.24, 2.45) is 0 Å². The molecule has 0 aliphatic carbocycles. The number of rotatable bonds is 11. The van der Waals surface area contributed by atoms with Gasteiger partial charge in [0, 0.05) is 13.2 Å². The molecule has 0 spiro atoms. The summed E-state index contributed by atoms with van der Waals surface area (Å²) >= 11 is 0. The lowest BCUT2D eigenvalue weighted by Crippen LogP contribution is -2.61. The van der Waals surface area contributed by atoms with Gasteiger partial charge in [0.1, 0.15) is 30.7 Å². The first kappa shape index (κ1) is 28.5. The highest BCUT2D eigenvalue weighted by molar-refractivity contribution is 6.55. The van der Waals surface area contributed by atoms with Crippen LogP contribution in [0.15, 0.2) is 18.2 Å². The molecule has 5 atom stereocenters. The number of benzene rings is 1. The number of carboxylic acids is 1. The van der Waals surface area contributed by atoms with Gasteiger partial charge in [0.05, 0.1) is 11.2 Å². The second-order valence-corrected chi connectivity index (χ2v) is 8.66. The first-order chi connectivity index (χ1) is 16.4. The van der Waals surface area contributed by atoms with Gasteiger partial charge in [0.25, 0.3) is 5.91 Å². The van der Waals surface area contributed by atoms with Crippen LogP contribution in [0.2, 0.25) is 0 Å². The van der Waals surface area contributed by atoms with Gasteiger partial charge in [-0.3, -0.25) is 9.59 Å². The van der Waals surface area contributed by atoms with Gasteiger partial charge in [-0.25, -0.2) is 4.79 Å². The number of amides is 1. The fourth-order valence-electron chi connectivity index (χ4n) is 3.44. The zero-order chi connectivity index (χ0) is 26.3. The summed E-state index contributed by atoms with van der Waals surface area (Å²) in [5, 5.41) is 42.1. The number of carboxylic acid groups (broad SMARTS) is 1. The smallest absolute Gasteiger partial charge is 0.335 e. The molecule has 0 aromatic heterocycles. The van der Waals surface area contributed by atoms with Gasteiger partial charge in [0.15, 0.2) is 6.10 Å². The molecule has 0 radical (unpaired) electrons. The maximum absolute atomic E-state index is 13.0. The van der Waals surface area contributed by atoms with E-state index in [4.69, 9.17) is 18.9 Å². The highest BCUT2D eigenvalue weighted by Gasteiger charge is 2.48. The van der Waals surface area contributed by atoms with Crippen molar-refractivity contribution in [2.75, 3.05) is 13.2 Å². The third kappa shape index (κ3) is 7.90. The fraction of sp³-hybridized carbons (Fsp3) is 0.591. The average Bonchev–Trinajstić information content (AvgIpc) is 2.77. The predicted octanol–water partition coefficient (Wildman–Crippen LogP) is -0.838. The van der Waals surface area contributed by atoms with E-state index in [1.54, 1.807) is 0 Å². The molecule has 1 fully saturated rings. The van der Waals surface area contributed by atoms with Crippen molar-refractivity contribution in [1.29, 1.82) is 0 Å². The molecule has 1 aliphatic heterocycles. The largest absolute Gasteiger partial charge is 0.479 e. The summed E-state index contributed by atoms with van der Waals surface area (Å²) in [6.07, 6.45) is -8.60. The van der Waals surface area contributed by atoms with Crippen molar-refractivity contribution >= 4 is 25.6 Å². The molecule has 0 unspecified atom stereocenters. The zero-order valence-corrected chi connectivity index (χ0v) is 20.1. The number of ether oxygens (including phenoxy) is 4. The second kappa shape index (κ2) is 12.3. The Kier molecular flexibility index (Phi) is 10.0. The summed E-state index contributed by atoms with van der Waals surface area (Å²) in [6.45, 7) is 6.30. The Bertz CT molecular complexity index is 909. The Labute approximate surface area is 203 Å². The Morgan fingerprint density at radius 1 is 1.14 bits per heavy atom. The van der Waals surface area contributed by atoms with Crippen molar-refractivity contribution in [2.45, 2.75) is 70.1 Å². The monoisotopic (exact) mass is 497 g/mol. The SMILES string of the molecule is BC(=O)OCc1ccc(O[C@@H]2O[C@H](C(=O)O)[C@@H](O)[C@H](O)[C@H]2O)c(C(=O)NCCC(C)(C)OCC)c1. The molecule has 0 saturated carbocycles. The highest BCUT2D eigenvalue weighted by Crippen LogP contribution is 2.28. The van der Waals surface area contributed by atoms with Crippen molar-refractivity contribution in [3.63, 3.8) is 0 Å². The lowest BCUT2D eigenvalue weighted by atomic mass is 9.99. The first-order valence-electron chi connectivity index (χ1n) is 11.1. The highest BCUT2D eigenvalue weighted by atomic mass is 16.7. The molecule has 12 nitrogen and oxygen atoms in total. The maximum Gasteiger partial charge on any atom is 0.335 e. The Morgan fingerprint density at radius 2 is 1.83 bits per heavy atom. The normalized spacial score (nSPS) is 24.5. The van der Waals surface area contributed by atoms with Crippen LogP contribution in [0.25, 0.3) is 0 Å². The molecular weight excluding hydrogens is 465 g/mol. The van der Waals surface area contributed by atoms with Gasteiger partial charge < -0.3 is 44.7 Å². The van der Waals surface area contributed by atoms with Crippen LogP contribution in [0, 0.1) is 0 Å². The van der Waals surface area contributed by atoms with E-state index in [-0.39, 0.29) is 24.5 Å². The van der Waals surface area contributed by atoms with Crippen LogP contribution in [0.1, 0.15) is 43.1 Å². The molecule has 1 heterocycles. The number of aliphatic hydroxyl groups is 3. The Hall–Kier alpha value is -2.71. The summed E-state index contributed by atoms with van der Waals surface area (Å²) in [5.41, 5.74) is -0.00928. The molecule has 5 N–H and O–H groups in total. The van der Waals surface area contributed by atoms with Crippen molar-refractivity contribution in [1.82, 2.24) is 5.32 Å². The summed E-state index contributed by atoms with van der Waals surface area (Å²) < 4.78 is 21.3. The molecule has 35 heavy (non-hydrogen) atoms. The molecule has 0 bridgehead atoms. The van der Waals surface area contributed by atoms with Crippen LogP contribution in [0.4, 0.5) is 4.79 Å². The van der Waals surface area contributed by atoms with Gasteiger partial charge in [-0.1, -0.05) is 6.07 Å². The van der Waals surface area contributed by atoms with E-state index in [2.05, 4.69) is 5.32 Å². The summed E-state index contributed by atoms with van der Waals surface area (Å²) in [6, 6.07) is 4.28. The van der Waals surface area contributed by atoms with E-state index in [1.165, 1.54) is 26.0 Å². The lowest BCUT2D eigenvalue weighted by Gasteiger charge is -2.38. The maximum atomic E-state index is 13.0. The average molecular weight is 497 g/mol. The standard InChI is InChI=1S/C22H32BNO11/c1-4-33-22(2,3)7-8-24-18(28)12-9-11(10-32-21(23)31)5-6-13(12)34-20-16(27)14(25)15(26)17(35-20)19(29)30/h5-6,9,14-17,20,25-27H,4,7-8,10,23H2,1-3H3,(H,24,28)(H,29,30)/t14-,15-,16+,17-,20+/m0/s1. The van der Waals surface area contributed by atoms with E-state index >= 15 is 0 Å². The van der Waals surface area contributed by atoms with Crippen LogP contribution in [0.3, 0.4) is 0 Å². The van der Waals surface area contributed by atoms with Crippen LogP contribution < -0.4 is 10.1 Å². The number of aliphatic hydroxyl groups excluding tert-OH is 3. The van der Waals surface area contributed by atoms with E-state index in [0.717, 1.165) is 0 Å². The minimum atomic E-state index is -1.88. The summed E-state index contributed by atoms with van der Waals surface area (Å²) in [7, 11) is 1.24. The van der Waals surface area contributed by atoms with E-state index in [0.29, 0.717) is 18.6 Å². The third-order valence-corrected chi connectivity index (χ3v) is 5.33. The number of carbonyl (C=O) groups is 3. The molecule has 1 aliphatic rings. The molecule has 1 aromatic rings. The van der Waals surface area contributed by atoms with Gasteiger partial charge in [-0.2, -0.15) is 0 Å². The molecule has 1 aromatic carbocycles. The second-order valence-electron chi connectivity index (χ2n) is 8.66. The predicted molar refractivity (Wildman–Crippen MR) is 123 cm³/mol. The summed E-state index contributed by atoms with van der Waals surface area (Å²) in [4.78, 5) is 35.5.